The lowest BCUT2D eigenvalue weighted by atomic mass is 9.94. The van der Waals surface area contributed by atoms with Crippen molar-refractivity contribution in [2.75, 3.05) is 12.3 Å². The van der Waals surface area contributed by atoms with Crippen LogP contribution >= 0.6 is 0 Å². The van der Waals surface area contributed by atoms with Crippen molar-refractivity contribution in [3.8, 4) is 0 Å². The van der Waals surface area contributed by atoms with Gasteiger partial charge < -0.3 is 5.32 Å². The molecule has 1 atom stereocenters. The molecule has 0 radical (unpaired) electrons. The average Bonchev–Trinajstić information content (AvgIpc) is 2.27. The van der Waals surface area contributed by atoms with Gasteiger partial charge in [-0.15, -0.1) is 0 Å². The minimum absolute atomic E-state index is 0.0608. The second-order valence-corrected chi connectivity index (χ2v) is 8.05. The zero-order chi connectivity index (χ0) is 13.4. The molecule has 0 bridgehead atoms. The zero-order valence-electron chi connectivity index (χ0n) is 11.2. The molecule has 1 heterocycles. The molecule has 1 unspecified atom stereocenters. The Morgan fingerprint density at radius 1 is 1.28 bits per heavy atom. The topological polar surface area (TPSA) is 46.2 Å². The monoisotopic (exact) mass is 267 g/mol. The van der Waals surface area contributed by atoms with Crippen LogP contribution in [0, 0.1) is 0 Å². The number of benzene rings is 1. The zero-order valence-corrected chi connectivity index (χ0v) is 12.0. The van der Waals surface area contributed by atoms with Gasteiger partial charge in [0.25, 0.3) is 0 Å². The number of rotatable bonds is 2. The van der Waals surface area contributed by atoms with Gasteiger partial charge in [-0.05, 0) is 44.7 Å². The lowest BCUT2D eigenvalue weighted by Crippen LogP contribution is -2.39. The van der Waals surface area contributed by atoms with Crippen LogP contribution in [0.4, 0.5) is 0 Å². The molecule has 1 aromatic rings. The number of nitrogens with one attached hydrogen (secondary N) is 1. The van der Waals surface area contributed by atoms with Gasteiger partial charge in [0.2, 0.25) is 0 Å². The van der Waals surface area contributed by atoms with Gasteiger partial charge in [0, 0.05) is 12.1 Å². The van der Waals surface area contributed by atoms with E-state index in [1.807, 2.05) is 12.1 Å². The lowest BCUT2D eigenvalue weighted by Gasteiger charge is -2.29. The average molecular weight is 267 g/mol. The minimum Gasteiger partial charge on any atom is -0.311 e. The van der Waals surface area contributed by atoms with Crippen LogP contribution in [0.3, 0.4) is 0 Å². The van der Waals surface area contributed by atoms with E-state index in [0.717, 1.165) is 12.1 Å². The van der Waals surface area contributed by atoms with Gasteiger partial charge in [0.1, 0.15) is 0 Å². The van der Waals surface area contributed by atoms with Gasteiger partial charge >= 0.3 is 0 Å². The number of hydrogen-bond acceptors (Lipinski definition) is 3. The van der Waals surface area contributed by atoms with E-state index >= 15 is 0 Å². The molecule has 2 rings (SSSR count). The normalized spacial score (nSPS) is 22.5. The summed E-state index contributed by atoms with van der Waals surface area (Å²) >= 11 is 0. The van der Waals surface area contributed by atoms with Crippen LogP contribution in [0.5, 0.6) is 0 Å². The Morgan fingerprint density at radius 2 is 1.94 bits per heavy atom. The highest BCUT2D eigenvalue weighted by atomic mass is 32.2. The van der Waals surface area contributed by atoms with Crippen molar-refractivity contribution in [3.05, 3.63) is 29.8 Å². The highest BCUT2D eigenvalue weighted by Gasteiger charge is 2.30. The van der Waals surface area contributed by atoms with Crippen LogP contribution < -0.4 is 5.32 Å². The van der Waals surface area contributed by atoms with E-state index in [-0.39, 0.29) is 11.3 Å². The van der Waals surface area contributed by atoms with E-state index < -0.39 is 9.84 Å². The number of fused-ring (bicyclic) bond motifs is 1. The quantitative estimate of drug-likeness (QED) is 0.894. The van der Waals surface area contributed by atoms with Crippen LogP contribution in [-0.2, 0) is 9.84 Å². The third kappa shape index (κ3) is 2.93. The van der Waals surface area contributed by atoms with Gasteiger partial charge in [-0.1, -0.05) is 18.2 Å². The van der Waals surface area contributed by atoms with E-state index in [1.165, 1.54) is 0 Å². The first-order valence-electron chi connectivity index (χ1n) is 6.36. The molecule has 1 aliphatic heterocycles. The molecule has 1 aromatic carbocycles. The van der Waals surface area contributed by atoms with Crippen LogP contribution in [0.2, 0.25) is 0 Å². The molecular formula is C14H21NO2S. The predicted molar refractivity (Wildman–Crippen MR) is 73.6 cm³/mol. The Bertz CT molecular complexity index is 529. The van der Waals surface area contributed by atoms with Gasteiger partial charge in [-0.2, -0.15) is 0 Å². The summed E-state index contributed by atoms with van der Waals surface area (Å²) in [5.74, 6) is 0.560. The van der Waals surface area contributed by atoms with Crippen molar-refractivity contribution < 1.29 is 8.42 Å². The van der Waals surface area contributed by atoms with Crippen molar-refractivity contribution >= 4 is 9.84 Å². The van der Waals surface area contributed by atoms with E-state index in [0.29, 0.717) is 17.2 Å². The van der Waals surface area contributed by atoms with Crippen molar-refractivity contribution in [2.24, 2.45) is 0 Å². The maximum Gasteiger partial charge on any atom is 0.178 e. The van der Waals surface area contributed by atoms with Crippen LogP contribution in [-0.4, -0.2) is 26.3 Å². The first-order valence-corrected chi connectivity index (χ1v) is 8.01. The van der Waals surface area contributed by atoms with E-state index in [9.17, 15) is 8.42 Å². The minimum atomic E-state index is -3.06. The molecule has 0 amide bonds. The Balaban J connectivity index is 2.26. The molecule has 0 fully saturated rings. The molecule has 18 heavy (non-hydrogen) atoms. The molecule has 3 nitrogen and oxygen atoms in total. The van der Waals surface area contributed by atoms with Gasteiger partial charge in [-0.3, -0.25) is 0 Å². The Kier molecular flexibility index (Phi) is 3.52. The maximum atomic E-state index is 12.0. The van der Waals surface area contributed by atoms with Crippen molar-refractivity contribution in [3.63, 3.8) is 0 Å². The standard InChI is InChI=1S/C14H21NO2S/c1-14(2,3)15-10-11-8-9-18(16,17)13-7-5-4-6-12(11)13/h4-7,11,15H,8-10H2,1-3H3. The Labute approximate surface area is 110 Å². The summed E-state index contributed by atoms with van der Waals surface area (Å²) in [6.07, 6.45) is 0.711. The third-order valence-corrected chi connectivity index (χ3v) is 5.12. The van der Waals surface area contributed by atoms with Crippen molar-refractivity contribution in [2.45, 2.75) is 43.5 Å². The van der Waals surface area contributed by atoms with E-state index in [4.69, 9.17) is 0 Å². The number of hydrogen-bond donors (Lipinski definition) is 1. The maximum absolute atomic E-state index is 12.0. The lowest BCUT2D eigenvalue weighted by molar-refractivity contribution is 0.399. The summed E-state index contributed by atoms with van der Waals surface area (Å²) in [6.45, 7) is 7.20. The fraction of sp³-hybridized carbons (Fsp3) is 0.571. The smallest absolute Gasteiger partial charge is 0.178 e. The fourth-order valence-corrected chi connectivity index (χ4v) is 4.00. The highest BCUT2D eigenvalue weighted by molar-refractivity contribution is 7.91. The molecule has 4 heteroatoms. The van der Waals surface area contributed by atoms with E-state index in [1.54, 1.807) is 12.1 Å². The summed E-state index contributed by atoms with van der Waals surface area (Å²) in [6, 6.07) is 7.40. The molecule has 1 N–H and O–H groups in total. The second kappa shape index (κ2) is 4.67. The number of sulfone groups is 1. The summed E-state index contributed by atoms with van der Waals surface area (Å²) in [5, 5.41) is 3.47. The van der Waals surface area contributed by atoms with E-state index in [2.05, 4.69) is 26.1 Å². The van der Waals surface area contributed by atoms with Crippen LogP contribution in [0.25, 0.3) is 0 Å². The first kappa shape index (κ1) is 13.6. The van der Waals surface area contributed by atoms with Crippen LogP contribution in [0.1, 0.15) is 38.7 Å². The molecular weight excluding hydrogens is 246 g/mol. The van der Waals surface area contributed by atoms with Gasteiger partial charge in [0.15, 0.2) is 9.84 Å². The molecule has 0 aromatic heterocycles. The summed E-state index contributed by atoms with van der Waals surface area (Å²) in [5.41, 5.74) is 1.03. The van der Waals surface area contributed by atoms with Crippen molar-refractivity contribution in [1.82, 2.24) is 5.32 Å². The molecule has 1 aliphatic rings. The third-order valence-electron chi connectivity index (χ3n) is 3.31. The molecule has 100 valence electrons. The first-order chi connectivity index (χ1) is 8.30. The SMILES string of the molecule is CC(C)(C)NCC1CCS(=O)(=O)c2ccccc21. The summed E-state index contributed by atoms with van der Waals surface area (Å²) in [7, 11) is -3.06. The predicted octanol–water partition coefficient (Wildman–Crippen LogP) is 2.34. The molecule has 0 saturated heterocycles. The largest absolute Gasteiger partial charge is 0.311 e. The molecule has 0 aliphatic carbocycles. The van der Waals surface area contributed by atoms with Gasteiger partial charge in [-0.25, -0.2) is 8.42 Å². The van der Waals surface area contributed by atoms with Crippen LogP contribution in [0.15, 0.2) is 29.2 Å². The Morgan fingerprint density at radius 3 is 2.61 bits per heavy atom. The Hall–Kier alpha value is -0.870. The highest BCUT2D eigenvalue weighted by Crippen LogP contribution is 2.33. The fourth-order valence-electron chi connectivity index (χ4n) is 2.31. The van der Waals surface area contributed by atoms with Crippen molar-refractivity contribution in [1.29, 1.82) is 0 Å². The summed E-state index contributed by atoms with van der Waals surface area (Å²) < 4.78 is 24.0. The van der Waals surface area contributed by atoms with Gasteiger partial charge in [0.05, 0.1) is 10.6 Å². The molecule has 0 spiro atoms. The molecule has 0 saturated carbocycles. The second-order valence-electron chi connectivity index (χ2n) is 5.97. The summed E-state index contributed by atoms with van der Waals surface area (Å²) in [4.78, 5) is 0.525.